The Morgan fingerprint density at radius 2 is 1.95 bits per heavy atom. The van der Waals surface area contributed by atoms with E-state index >= 15 is 0 Å². The van der Waals surface area contributed by atoms with E-state index in [4.69, 9.17) is 10.2 Å². The minimum absolute atomic E-state index is 0.00519. The number of aliphatic hydroxyl groups excluding tert-OH is 2. The van der Waals surface area contributed by atoms with E-state index in [9.17, 15) is 9.90 Å². The molecule has 4 N–H and O–H groups in total. The fraction of sp³-hybridized carbons (Fsp3) is 0.231. The summed E-state index contributed by atoms with van der Waals surface area (Å²) in [5, 5.41) is 30.9. The summed E-state index contributed by atoms with van der Waals surface area (Å²) in [6.45, 7) is -0.599. The van der Waals surface area contributed by atoms with E-state index in [2.05, 4.69) is 10.3 Å². The predicted molar refractivity (Wildman–Crippen MR) is 70.3 cm³/mol. The van der Waals surface area contributed by atoms with Crippen molar-refractivity contribution in [2.45, 2.75) is 6.04 Å². The zero-order valence-corrected chi connectivity index (χ0v) is 10.1. The first-order chi connectivity index (χ1) is 9.17. The van der Waals surface area contributed by atoms with Gasteiger partial charge in [-0.05, 0) is 6.07 Å². The van der Waals surface area contributed by atoms with E-state index in [1.165, 1.54) is 6.20 Å². The summed E-state index contributed by atoms with van der Waals surface area (Å²) in [5.41, 5.74) is 1.00. The van der Waals surface area contributed by atoms with Gasteiger partial charge in [-0.1, -0.05) is 18.2 Å². The minimum atomic E-state index is -1.12. The standard InChI is InChI=1S/C13H14N2O4/c16-6-8(7-17)15-12-9-3-1-2-4-11(9)14-5-10(12)13(18)19/h1-5,8,16-17H,6-7H2,(H,14,15)(H,18,19). The fourth-order valence-electron chi connectivity index (χ4n) is 1.81. The number of para-hydroxylation sites is 1. The van der Waals surface area contributed by atoms with Crippen LogP contribution >= 0.6 is 0 Å². The van der Waals surface area contributed by atoms with Gasteiger partial charge in [0.2, 0.25) is 0 Å². The Morgan fingerprint density at radius 1 is 1.26 bits per heavy atom. The molecule has 0 aliphatic rings. The summed E-state index contributed by atoms with van der Waals surface area (Å²) in [4.78, 5) is 15.3. The molecule has 0 saturated carbocycles. The van der Waals surface area contributed by atoms with Crippen molar-refractivity contribution in [1.82, 2.24) is 4.98 Å². The van der Waals surface area contributed by atoms with Crippen LogP contribution in [0.25, 0.3) is 10.9 Å². The van der Waals surface area contributed by atoms with Gasteiger partial charge in [0.05, 0.1) is 30.5 Å². The number of aromatic carboxylic acids is 1. The molecule has 0 radical (unpaired) electrons. The van der Waals surface area contributed by atoms with Crippen LogP contribution < -0.4 is 5.32 Å². The van der Waals surface area contributed by atoms with Crippen LogP contribution in [0.15, 0.2) is 30.5 Å². The molecule has 19 heavy (non-hydrogen) atoms. The largest absolute Gasteiger partial charge is 0.478 e. The van der Waals surface area contributed by atoms with Crippen LogP contribution in [0.3, 0.4) is 0 Å². The molecule has 6 nitrogen and oxygen atoms in total. The van der Waals surface area contributed by atoms with E-state index in [-0.39, 0.29) is 18.8 Å². The Balaban J connectivity index is 2.58. The van der Waals surface area contributed by atoms with Crippen LogP contribution in [0, 0.1) is 0 Å². The molecule has 0 saturated heterocycles. The van der Waals surface area contributed by atoms with Crippen molar-refractivity contribution in [1.29, 1.82) is 0 Å². The number of carboxylic acid groups (broad SMARTS) is 1. The molecule has 0 amide bonds. The first-order valence-electron chi connectivity index (χ1n) is 5.76. The van der Waals surface area contributed by atoms with Crippen LogP contribution in [0.2, 0.25) is 0 Å². The second kappa shape index (κ2) is 5.64. The number of pyridine rings is 1. The lowest BCUT2D eigenvalue weighted by Crippen LogP contribution is -2.28. The number of hydrogen-bond acceptors (Lipinski definition) is 5. The van der Waals surface area contributed by atoms with Crippen LogP contribution in [-0.2, 0) is 0 Å². The lowest BCUT2D eigenvalue weighted by Gasteiger charge is -2.18. The van der Waals surface area contributed by atoms with Gasteiger partial charge in [0.15, 0.2) is 0 Å². The van der Waals surface area contributed by atoms with Crippen molar-refractivity contribution in [3.8, 4) is 0 Å². The van der Waals surface area contributed by atoms with Crippen molar-refractivity contribution < 1.29 is 20.1 Å². The average Bonchev–Trinajstić information content (AvgIpc) is 2.44. The first kappa shape index (κ1) is 13.3. The van der Waals surface area contributed by atoms with Crippen LogP contribution in [0.1, 0.15) is 10.4 Å². The summed E-state index contributed by atoms with van der Waals surface area (Å²) in [6.07, 6.45) is 1.26. The zero-order chi connectivity index (χ0) is 13.8. The predicted octanol–water partition coefficient (Wildman–Crippen LogP) is 0.698. The maximum Gasteiger partial charge on any atom is 0.339 e. The van der Waals surface area contributed by atoms with Crippen LogP contribution in [0.5, 0.6) is 0 Å². The Kier molecular flexibility index (Phi) is 3.94. The number of rotatable bonds is 5. The Hall–Kier alpha value is -2.18. The molecule has 0 aliphatic carbocycles. The molecule has 6 heteroatoms. The van der Waals surface area contributed by atoms with Gasteiger partial charge < -0.3 is 20.6 Å². The molecule has 1 aromatic heterocycles. The van der Waals surface area contributed by atoms with Crippen molar-refractivity contribution in [2.75, 3.05) is 18.5 Å². The smallest absolute Gasteiger partial charge is 0.339 e. The van der Waals surface area contributed by atoms with Gasteiger partial charge >= 0.3 is 5.97 Å². The topological polar surface area (TPSA) is 103 Å². The van der Waals surface area contributed by atoms with Crippen molar-refractivity contribution in [3.63, 3.8) is 0 Å². The molecule has 1 heterocycles. The van der Waals surface area contributed by atoms with Crippen LogP contribution in [0.4, 0.5) is 5.69 Å². The summed E-state index contributed by atoms with van der Waals surface area (Å²) < 4.78 is 0. The molecule has 2 rings (SSSR count). The third-order valence-corrected chi connectivity index (χ3v) is 2.80. The van der Waals surface area contributed by atoms with E-state index in [1.807, 2.05) is 0 Å². The molecule has 0 bridgehead atoms. The lowest BCUT2D eigenvalue weighted by atomic mass is 10.1. The second-order valence-electron chi connectivity index (χ2n) is 4.08. The number of fused-ring (bicyclic) bond motifs is 1. The third-order valence-electron chi connectivity index (χ3n) is 2.80. The number of benzene rings is 1. The van der Waals surface area contributed by atoms with Gasteiger partial charge in [-0.3, -0.25) is 4.98 Å². The summed E-state index contributed by atoms with van der Waals surface area (Å²) in [6, 6.07) is 6.45. The molecule has 2 aromatic rings. The number of aliphatic hydroxyl groups is 2. The monoisotopic (exact) mass is 262 g/mol. The highest BCUT2D eigenvalue weighted by molar-refractivity contribution is 6.04. The molecule has 0 aliphatic heterocycles. The molecule has 100 valence electrons. The molecule has 1 aromatic carbocycles. The number of aromatic nitrogens is 1. The molecular formula is C13H14N2O4. The number of carbonyl (C=O) groups is 1. The molecule has 0 unspecified atom stereocenters. The summed E-state index contributed by atoms with van der Waals surface area (Å²) >= 11 is 0. The normalized spacial score (nSPS) is 10.9. The van der Waals surface area contributed by atoms with Gasteiger partial charge in [-0.2, -0.15) is 0 Å². The van der Waals surface area contributed by atoms with E-state index in [1.54, 1.807) is 24.3 Å². The highest BCUT2D eigenvalue weighted by Gasteiger charge is 2.17. The van der Waals surface area contributed by atoms with E-state index in [0.29, 0.717) is 16.6 Å². The van der Waals surface area contributed by atoms with E-state index < -0.39 is 12.0 Å². The van der Waals surface area contributed by atoms with Crippen molar-refractivity contribution in [3.05, 3.63) is 36.0 Å². The van der Waals surface area contributed by atoms with Crippen molar-refractivity contribution >= 4 is 22.6 Å². The second-order valence-corrected chi connectivity index (χ2v) is 4.08. The van der Waals surface area contributed by atoms with Gasteiger partial charge in [-0.15, -0.1) is 0 Å². The highest BCUT2D eigenvalue weighted by atomic mass is 16.4. The molecule has 0 fully saturated rings. The number of hydrogen-bond donors (Lipinski definition) is 4. The SMILES string of the molecule is O=C(O)c1cnc2ccccc2c1NC(CO)CO. The first-order valence-corrected chi connectivity index (χ1v) is 5.76. The zero-order valence-electron chi connectivity index (χ0n) is 10.1. The summed E-state index contributed by atoms with van der Waals surface area (Å²) in [7, 11) is 0. The Labute approximate surface area is 109 Å². The molecular weight excluding hydrogens is 248 g/mol. The Morgan fingerprint density at radius 3 is 2.58 bits per heavy atom. The molecule has 0 spiro atoms. The van der Waals surface area contributed by atoms with Gasteiger partial charge in [0.1, 0.15) is 5.56 Å². The quantitative estimate of drug-likeness (QED) is 0.632. The fourth-order valence-corrected chi connectivity index (χ4v) is 1.81. The molecule has 0 atom stereocenters. The maximum atomic E-state index is 11.2. The average molecular weight is 262 g/mol. The number of carboxylic acids is 1. The number of nitrogens with zero attached hydrogens (tertiary/aromatic N) is 1. The number of nitrogens with one attached hydrogen (secondary N) is 1. The highest BCUT2D eigenvalue weighted by Crippen LogP contribution is 2.26. The lowest BCUT2D eigenvalue weighted by molar-refractivity contribution is 0.0697. The maximum absolute atomic E-state index is 11.2. The third kappa shape index (κ3) is 2.64. The summed E-state index contributed by atoms with van der Waals surface area (Å²) in [5.74, 6) is -1.12. The van der Waals surface area contributed by atoms with Crippen molar-refractivity contribution in [2.24, 2.45) is 0 Å². The van der Waals surface area contributed by atoms with Gasteiger partial charge in [0, 0.05) is 11.6 Å². The van der Waals surface area contributed by atoms with Gasteiger partial charge in [0.25, 0.3) is 0 Å². The number of anilines is 1. The van der Waals surface area contributed by atoms with E-state index in [0.717, 1.165) is 0 Å². The minimum Gasteiger partial charge on any atom is -0.478 e. The van der Waals surface area contributed by atoms with Crippen LogP contribution in [-0.4, -0.2) is 45.5 Å². The van der Waals surface area contributed by atoms with Gasteiger partial charge in [-0.25, -0.2) is 4.79 Å². The Bertz CT molecular complexity index is 596.